The van der Waals surface area contributed by atoms with Crippen LogP contribution in [0.4, 0.5) is 4.79 Å². The standard InChI is InChI=1S/C24H32ClN3O3/c1-24(2,3)31-23(29)28-14-8-12-20(28)19-11-6-7-13-27(19)16-22-26-15-21(30-22)17-9-4-5-10-18(17)25/h4-5,9-10,15,19-20H,6-8,11-14,16H2,1-3H3/t19-,20+/m1/s1. The highest BCUT2D eigenvalue weighted by molar-refractivity contribution is 6.33. The smallest absolute Gasteiger partial charge is 0.410 e. The molecule has 1 aromatic carbocycles. The summed E-state index contributed by atoms with van der Waals surface area (Å²) in [6, 6.07) is 8.10. The van der Waals surface area contributed by atoms with E-state index in [1.54, 1.807) is 6.20 Å². The van der Waals surface area contributed by atoms with E-state index >= 15 is 0 Å². The summed E-state index contributed by atoms with van der Waals surface area (Å²) >= 11 is 6.31. The van der Waals surface area contributed by atoms with Crippen LogP contribution in [0, 0.1) is 0 Å². The Morgan fingerprint density at radius 2 is 1.94 bits per heavy atom. The Morgan fingerprint density at radius 3 is 2.71 bits per heavy atom. The number of amides is 1. The van der Waals surface area contributed by atoms with Crippen LogP contribution in [0.1, 0.15) is 58.8 Å². The minimum Gasteiger partial charge on any atom is -0.444 e. The number of hydrogen-bond donors (Lipinski definition) is 0. The van der Waals surface area contributed by atoms with E-state index in [0.29, 0.717) is 29.3 Å². The molecule has 0 N–H and O–H groups in total. The van der Waals surface area contributed by atoms with Crippen molar-refractivity contribution in [3.63, 3.8) is 0 Å². The fourth-order valence-electron chi connectivity index (χ4n) is 4.73. The zero-order valence-corrected chi connectivity index (χ0v) is 19.4. The highest BCUT2D eigenvalue weighted by Gasteiger charge is 2.40. The number of carbonyl (C=O) groups is 1. The van der Waals surface area contributed by atoms with E-state index in [1.165, 1.54) is 6.42 Å². The summed E-state index contributed by atoms with van der Waals surface area (Å²) in [7, 11) is 0. The largest absolute Gasteiger partial charge is 0.444 e. The normalized spacial score (nSPS) is 22.6. The van der Waals surface area contributed by atoms with Gasteiger partial charge in [-0.05, 0) is 65.1 Å². The second-order valence-electron chi connectivity index (χ2n) is 9.52. The molecule has 0 saturated carbocycles. The summed E-state index contributed by atoms with van der Waals surface area (Å²) in [6.07, 6.45) is 6.97. The number of rotatable bonds is 4. The number of nitrogens with zero attached hydrogens (tertiary/aromatic N) is 3. The van der Waals surface area contributed by atoms with E-state index in [9.17, 15) is 4.79 Å². The van der Waals surface area contributed by atoms with Gasteiger partial charge in [0.05, 0.1) is 23.8 Å². The molecule has 0 unspecified atom stereocenters. The number of likely N-dealkylation sites (tertiary alicyclic amines) is 2. The number of benzene rings is 1. The van der Waals surface area contributed by atoms with Crippen molar-refractivity contribution in [2.75, 3.05) is 13.1 Å². The van der Waals surface area contributed by atoms with Crippen molar-refractivity contribution in [3.05, 3.63) is 41.4 Å². The molecule has 0 bridgehead atoms. The van der Waals surface area contributed by atoms with Crippen molar-refractivity contribution >= 4 is 17.7 Å². The third-order valence-electron chi connectivity index (χ3n) is 6.07. The first-order valence-corrected chi connectivity index (χ1v) is 11.6. The highest BCUT2D eigenvalue weighted by Crippen LogP contribution is 2.33. The van der Waals surface area contributed by atoms with Crippen molar-refractivity contribution < 1.29 is 13.9 Å². The van der Waals surface area contributed by atoms with Gasteiger partial charge in [0.2, 0.25) is 5.89 Å². The van der Waals surface area contributed by atoms with Crippen LogP contribution in [-0.4, -0.2) is 51.7 Å². The van der Waals surface area contributed by atoms with Crippen LogP contribution >= 0.6 is 11.6 Å². The Kier molecular flexibility index (Phi) is 6.58. The molecule has 31 heavy (non-hydrogen) atoms. The van der Waals surface area contributed by atoms with Crippen LogP contribution in [0.25, 0.3) is 11.3 Å². The van der Waals surface area contributed by atoms with Gasteiger partial charge in [-0.3, -0.25) is 4.90 Å². The number of carbonyl (C=O) groups excluding carboxylic acids is 1. The minimum atomic E-state index is -0.482. The lowest BCUT2D eigenvalue weighted by molar-refractivity contribution is 0.00541. The Hall–Kier alpha value is -2.05. The van der Waals surface area contributed by atoms with E-state index in [2.05, 4.69) is 9.88 Å². The molecule has 2 aliphatic heterocycles. The number of hydrogen-bond acceptors (Lipinski definition) is 5. The summed E-state index contributed by atoms with van der Waals surface area (Å²) < 4.78 is 11.7. The average molecular weight is 446 g/mol. The van der Waals surface area contributed by atoms with E-state index in [4.69, 9.17) is 20.8 Å². The van der Waals surface area contributed by atoms with Gasteiger partial charge < -0.3 is 14.1 Å². The number of halogens is 1. The lowest BCUT2D eigenvalue weighted by atomic mass is 9.94. The fraction of sp³-hybridized carbons (Fsp3) is 0.583. The van der Waals surface area contributed by atoms with Crippen LogP contribution in [0.2, 0.25) is 5.02 Å². The monoisotopic (exact) mass is 445 g/mol. The minimum absolute atomic E-state index is 0.174. The third-order valence-corrected chi connectivity index (χ3v) is 6.40. The van der Waals surface area contributed by atoms with Crippen LogP contribution in [-0.2, 0) is 11.3 Å². The predicted molar refractivity (Wildman–Crippen MR) is 121 cm³/mol. The van der Waals surface area contributed by atoms with Crippen LogP contribution < -0.4 is 0 Å². The number of aromatic nitrogens is 1. The van der Waals surface area contributed by atoms with Gasteiger partial charge in [-0.15, -0.1) is 0 Å². The van der Waals surface area contributed by atoms with E-state index in [-0.39, 0.29) is 12.1 Å². The van der Waals surface area contributed by atoms with E-state index in [0.717, 1.165) is 44.3 Å². The van der Waals surface area contributed by atoms with Gasteiger partial charge in [-0.25, -0.2) is 9.78 Å². The van der Waals surface area contributed by atoms with Crippen LogP contribution in [0.15, 0.2) is 34.9 Å². The Morgan fingerprint density at radius 1 is 1.16 bits per heavy atom. The molecular weight excluding hydrogens is 414 g/mol. The SMILES string of the molecule is CC(C)(C)OC(=O)N1CCC[C@H]1[C@H]1CCCCN1Cc1ncc(-c2ccccc2Cl)o1. The van der Waals surface area contributed by atoms with Gasteiger partial charge in [0, 0.05) is 18.2 Å². The molecule has 2 aliphatic rings. The molecule has 2 saturated heterocycles. The molecule has 2 aromatic rings. The third kappa shape index (κ3) is 5.24. The molecule has 3 heterocycles. The molecule has 0 aliphatic carbocycles. The lowest BCUT2D eigenvalue weighted by Gasteiger charge is -2.41. The predicted octanol–water partition coefficient (Wildman–Crippen LogP) is 5.75. The Labute approximate surface area is 189 Å². The summed E-state index contributed by atoms with van der Waals surface area (Å²) in [5.41, 5.74) is 0.369. The maximum absolute atomic E-state index is 12.8. The maximum atomic E-state index is 12.8. The molecule has 4 rings (SSSR count). The molecule has 0 spiro atoms. The summed E-state index contributed by atoms with van der Waals surface area (Å²) in [5, 5.41) is 0.653. The van der Waals surface area contributed by atoms with Gasteiger partial charge in [-0.2, -0.15) is 0 Å². The number of piperidine rings is 1. The molecule has 2 atom stereocenters. The van der Waals surface area contributed by atoms with Gasteiger partial charge >= 0.3 is 6.09 Å². The van der Waals surface area contributed by atoms with Crippen LogP contribution in [0.5, 0.6) is 0 Å². The summed E-state index contributed by atoms with van der Waals surface area (Å²) in [4.78, 5) is 21.7. The molecule has 0 radical (unpaired) electrons. The van der Waals surface area contributed by atoms with Crippen molar-refractivity contribution in [1.29, 1.82) is 0 Å². The zero-order valence-electron chi connectivity index (χ0n) is 18.6. The Bertz CT molecular complexity index is 907. The second-order valence-corrected chi connectivity index (χ2v) is 9.92. The van der Waals surface area contributed by atoms with Gasteiger partial charge in [0.1, 0.15) is 5.60 Å². The average Bonchev–Trinajstić information content (AvgIpc) is 3.37. The fourth-order valence-corrected chi connectivity index (χ4v) is 4.96. The number of ether oxygens (including phenoxy) is 1. The molecular formula is C24H32ClN3O3. The maximum Gasteiger partial charge on any atom is 0.410 e. The molecule has 7 heteroatoms. The Balaban J connectivity index is 1.48. The highest BCUT2D eigenvalue weighted by atomic mass is 35.5. The van der Waals surface area contributed by atoms with Gasteiger partial charge in [0.25, 0.3) is 0 Å². The van der Waals surface area contributed by atoms with Crippen LogP contribution in [0.3, 0.4) is 0 Å². The van der Waals surface area contributed by atoms with Crippen molar-refractivity contribution in [3.8, 4) is 11.3 Å². The van der Waals surface area contributed by atoms with Crippen molar-refractivity contribution in [2.45, 2.75) is 77.1 Å². The van der Waals surface area contributed by atoms with Crippen molar-refractivity contribution in [2.24, 2.45) is 0 Å². The molecule has 2 fully saturated rings. The van der Waals surface area contributed by atoms with Gasteiger partial charge in [-0.1, -0.05) is 30.2 Å². The summed E-state index contributed by atoms with van der Waals surface area (Å²) in [5.74, 6) is 1.37. The lowest BCUT2D eigenvalue weighted by Crippen LogP contribution is -2.53. The quantitative estimate of drug-likeness (QED) is 0.599. The first-order chi connectivity index (χ1) is 14.8. The number of oxazole rings is 1. The molecule has 168 valence electrons. The second kappa shape index (κ2) is 9.21. The summed E-state index contributed by atoms with van der Waals surface area (Å²) in [6.45, 7) is 8.13. The van der Waals surface area contributed by atoms with Crippen molar-refractivity contribution in [1.82, 2.24) is 14.8 Å². The molecule has 6 nitrogen and oxygen atoms in total. The first kappa shape index (κ1) is 22.2. The zero-order chi connectivity index (χ0) is 22.0. The van der Waals surface area contributed by atoms with Gasteiger partial charge in [0.15, 0.2) is 5.76 Å². The van der Waals surface area contributed by atoms with E-state index < -0.39 is 5.60 Å². The molecule has 1 amide bonds. The topological polar surface area (TPSA) is 58.8 Å². The van der Waals surface area contributed by atoms with E-state index in [1.807, 2.05) is 49.9 Å². The molecule has 1 aromatic heterocycles. The first-order valence-electron chi connectivity index (χ1n) is 11.2.